The van der Waals surface area contributed by atoms with Crippen molar-refractivity contribution >= 4 is 47.8 Å². The topological polar surface area (TPSA) is 236 Å². The summed E-state index contributed by atoms with van der Waals surface area (Å²) >= 11 is 0. The largest absolute Gasteiger partial charge is 0.480 e. The molecule has 2 aromatic rings. The van der Waals surface area contributed by atoms with E-state index in [1.54, 1.807) is 14.7 Å². The monoisotopic (exact) mass is 1000 g/mol. The van der Waals surface area contributed by atoms with Gasteiger partial charge in [0.25, 0.3) is 0 Å². The minimum Gasteiger partial charge on any atom is -0.480 e. The number of amides is 5. The van der Waals surface area contributed by atoms with Gasteiger partial charge in [0.2, 0.25) is 29.5 Å². The molecule has 4 heterocycles. The summed E-state index contributed by atoms with van der Waals surface area (Å²) in [6.07, 6.45) is 5.11. The highest BCUT2D eigenvalue weighted by Crippen LogP contribution is 2.29. The van der Waals surface area contributed by atoms with Crippen LogP contribution in [0.1, 0.15) is 72.8 Å². The van der Waals surface area contributed by atoms with Crippen molar-refractivity contribution in [2.75, 3.05) is 118 Å². The number of carbonyl (C=O) groups is 8. The second-order valence-corrected chi connectivity index (χ2v) is 19.8. The van der Waals surface area contributed by atoms with E-state index in [-0.39, 0.29) is 68.1 Å². The molecular formula is C52H76N10O10. The van der Waals surface area contributed by atoms with Crippen LogP contribution in [0.2, 0.25) is 0 Å². The number of rotatable bonds is 23. The molecule has 394 valence electrons. The Hall–Kier alpha value is -5.80. The first-order chi connectivity index (χ1) is 34.7. The summed E-state index contributed by atoms with van der Waals surface area (Å²) in [5.41, 5.74) is 5.74. The summed E-state index contributed by atoms with van der Waals surface area (Å²) < 4.78 is 0. The normalized spacial score (nSPS) is 19.4. The maximum atomic E-state index is 14.4. The lowest BCUT2D eigenvalue weighted by atomic mass is 10.0. The first kappa shape index (κ1) is 55.5. The Morgan fingerprint density at radius 2 is 1.35 bits per heavy atom. The number of piperazine rings is 1. The fraction of sp³-hybridized carbons (Fsp3) is 0.615. The fourth-order valence-electron chi connectivity index (χ4n) is 10.0. The molecule has 3 saturated heterocycles. The van der Waals surface area contributed by atoms with Gasteiger partial charge >= 0.3 is 11.9 Å². The maximum Gasteiger partial charge on any atom is 0.317 e. The van der Waals surface area contributed by atoms with Crippen molar-refractivity contribution in [1.29, 1.82) is 0 Å². The average molecular weight is 1000 g/mol. The van der Waals surface area contributed by atoms with Crippen molar-refractivity contribution in [3.05, 3.63) is 70.3 Å². The van der Waals surface area contributed by atoms with Gasteiger partial charge in [0, 0.05) is 130 Å². The Morgan fingerprint density at radius 1 is 0.722 bits per heavy atom. The molecule has 5 N–H and O–H groups in total. The van der Waals surface area contributed by atoms with E-state index < -0.39 is 18.0 Å². The molecule has 4 aliphatic rings. The summed E-state index contributed by atoms with van der Waals surface area (Å²) in [6, 6.07) is 13.6. The highest BCUT2D eigenvalue weighted by atomic mass is 16.4. The molecule has 0 spiro atoms. The van der Waals surface area contributed by atoms with Gasteiger partial charge in [-0.15, -0.1) is 0 Å². The molecule has 20 heteroatoms. The molecule has 0 bridgehead atoms. The van der Waals surface area contributed by atoms with Crippen LogP contribution < -0.4 is 16.0 Å². The first-order valence-electron chi connectivity index (χ1n) is 25.8. The predicted octanol–water partition coefficient (Wildman–Crippen LogP) is 0.392. The Kier molecular flexibility index (Phi) is 21.9. The van der Waals surface area contributed by atoms with Gasteiger partial charge in [0.15, 0.2) is 0 Å². The predicted molar refractivity (Wildman–Crippen MR) is 268 cm³/mol. The van der Waals surface area contributed by atoms with E-state index in [1.807, 2.05) is 33.8 Å². The first-order valence-corrected chi connectivity index (χ1v) is 25.8. The molecular weight excluding hydrogens is 925 g/mol. The number of hydrogen-bond acceptors (Lipinski definition) is 13. The number of nitrogens with zero attached hydrogens (tertiary/aromatic N) is 7. The third kappa shape index (κ3) is 18.0. The van der Waals surface area contributed by atoms with E-state index in [0.717, 1.165) is 35.8 Å². The van der Waals surface area contributed by atoms with Crippen LogP contribution in [0.15, 0.2) is 42.5 Å². The number of carboxylic acid groups (broad SMARTS) is 2. The van der Waals surface area contributed by atoms with Crippen LogP contribution in [0.5, 0.6) is 0 Å². The van der Waals surface area contributed by atoms with Crippen LogP contribution in [0.4, 0.5) is 0 Å². The van der Waals surface area contributed by atoms with Crippen LogP contribution in [-0.2, 0) is 64.4 Å². The molecule has 4 aliphatic heterocycles. The Morgan fingerprint density at radius 3 is 1.96 bits per heavy atom. The smallest absolute Gasteiger partial charge is 0.317 e. The molecule has 3 fully saturated rings. The third-order valence-electron chi connectivity index (χ3n) is 14.3. The SMILES string of the molecule is Cc1ccc(CCCC(=O)NCCCCC(NC(=O)CN2CCN(CC(=O)O)CCN(CC=O)CCN(CC(=O)O)CC2)C(=O)N2CCN(Cc3cccc4c3CN(C(=O)CC3CCNC3=O)C4)CC2)cc1. The summed E-state index contributed by atoms with van der Waals surface area (Å²) in [4.78, 5) is 115. The van der Waals surface area contributed by atoms with E-state index in [0.29, 0.717) is 143 Å². The fourth-order valence-corrected chi connectivity index (χ4v) is 10.0. The zero-order chi connectivity index (χ0) is 51.4. The van der Waals surface area contributed by atoms with Gasteiger partial charge < -0.3 is 40.8 Å². The van der Waals surface area contributed by atoms with Crippen LogP contribution in [-0.4, -0.2) is 216 Å². The van der Waals surface area contributed by atoms with Gasteiger partial charge in [-0.25, -0.2) is 0 Å². The second kappa shape index (κ2) is 28.4. The van der Waals surface area contributed by atoms with Crippen LogP contribution in [0, 0.1) is 12.8 Å². The van der Waals surface area contributed by atoms with Crippen molar-refractivity contribution < 1.29 is 48.6 Å². The molecule has 2 unspecified atom stereocenters. The molecule has 0 aliphatic carbocycles. The highest BCUT2D eigenvalue weighted by molar-refractivity contribution is 5.89. The molecule has 2 atom stereocenters. The number of aryl methyl sites for hydroxylation is 2. The van der Waals surface area contributed by atoms with Gasteiger partial charge in [0.1, 0.15) is 12.3 Å². The number of nitrogens with one attached hydrogen (secondary N) is 3. The number of benzene rings is 2. The second-order valence-electron chi connectivity index (χ2n) is 19.8. The maximum absolute atomic E-state index is 14.4. The molecule has 2 aromatic carbocycles. The van der Waals surface area contributed by atoms with Gasteiger partial charge in [0.05, 0.1) is 26.2 Å². The summed E-state index contributed by atoms with van der Waals surface area (Å²) in [6.45, 7) is 9.15. The lowest BCUT2D eigenvalue weighted by Crippen LogP contribution is -2.56. The minimum absolute atomic E-state index is 0.0186. The van der Waals surface area contributed by atoms with E-state index in [1.165, 1.54) is 11.1 Å². The Labute approximate surface area is 423 Å². The summed E-state index contributed by atoms with van der Waals surface area (Å²) in [7, 11) is 0. The Balaban J connectivity index is 1.06. The number of fused-ring (bicyclic) bond motifs is 1. The number of aliphatic carboxylic acids is 2. The number of carbonyl (C=O) groups excluding carboxylic acids is 6. The average Bonchev–Trinajstić information content (AvgIpc) is 3.98. The van der Waals surface area contributed by atoms with E-state index in [4.69, 9.17) is 0 Å². The molecule has 72 heavy (non-hydrogen) atoms. The van der Waals surface area contributed by atoms with Crippen molar-refractivity contribution in [3.63, 3.8) is 0 Å². The molecule has 20 nitrogen and oxygen atoms in total. The molecule has 0 radical (unpaired) electrons. The van der Waals surface area contributed by atoms with E-state index in [2.05, 4.69) is 51.2 Å². The summed E-state index contributed by atoms with van der Waals surface area (Å²) in [5, 5.41) is 28.2. The minimum atomic E-state index is -1.00. The molecule has 0 saturated carbocycles. The lowest BCUT2D eigenvalue weighted by Gasteiger charge is -2.37. The van der Waals surface area contributed by atoms with E-state index in [9.17, 15) is 48.6 Å². The van der Waals surface area contributed by atoms with Crippen LogP contribution in [0.3, 0.4) is 0 Å². The number of carboxylic acids is 2. The summed E-state index contributed by atoms with van der Waals surface area (Å²) in [5.74, 6) is -2.97. The molecule has 0 aromatic heterocycles. The molecule has 6 rings (SSSR count). The highest BCUT2D eigenvalue weighted by Gasteiger charge is 2.33. The van der Waals surface area contributed by atoms with Gasteiger partial charge in [-0.05, 0) is 67.7 Å². The number of aldehydes is 1. The third-order valence-corrected chi connectivity index (χ3v) is 14.3. The standard InChI is InChI=1S/C52H76N10O10/c1-39-11-13-40(14-12-39)6-4-10-46(64)53-16-3-2-9-45(55-47(65)36-58-22-24-59(37-49(67)68)20-18-56(30-31-63)19-21-60(25-23-58)38-50(69)70)52(72)61-28-26-57(27-29-61)33-42-7-5-8-43-34-62(35-44(42)43)48(66)32-41-15-17-54-51(41)71/h5,7-8,11-14,31,41,45H,2-4,6,9-10,15-30,32-38H2,1H3,(H,53,64)(H,54,71)(H,55,65)(H,67,68)(H,69,70). The Bertz CT molecular complexity index is 2140. The van der Waals surface area contributed by atoms with Crippen molar-refractivity contribution in [2.45, 2.75) is 84.0 Å². The zero-order valence-corrected chi connectivity index (χ0v) is 42.1. The van der Waals surface area contributed by atoms with Crippen LogP contribution >= 0.6 is 0 Å². The molecule has 5 amide bonds. The number of hydrogen-bond donors (Lipinski definition) is 5. The van der Waals surface area contributed by atoms with Crippen LogP contribution in [0.25, 0.3) is 0 Å². The van der Waals surface area contributed by atoms with E-state index >= 15 is 0 Å². The quantitative estimate of drug-likeness (QED) is 0.0749. The van der Waals surface area contributed by atoms with Gasteiger partial charge in [-0.3, -0.25) is 58.1 Å². The van der Waals surface area contributed by atoms with Crippen molar-refractivity contribution in [1.82, 2.24) is 50.2 Å². The van der Waals surface area contributed by atoms with Gasteiger partial charge in [-0.2, -0.15) is 0 Å². The lowest BCUT2D eigenvalue weighted by molar-refractivity contribution is -0.139. The van der Waals surface area contributed by atoms with Crippen molar-refractivity contribution in [3.8, 4) is 0 Å². The van der Waals surface area contributed by atoms with Crippen molar-refractivity contribution in [2.24, 2.45) is 5.92 Å². The van der Waals surface area contributed by atoms with Gasteiger partial charge in [-0.1, -0.05) is 48.0 Å². The zero-order valence-electron chi connectivity index (χ0n) is 42.1. The number of unbranched alkanes of at least 4 members (excludes halogenated alkanes) is 1.